The number of carbonyl (C=O) groups excluding carboxylic acids is 1. The molecule has 1 aromatic heterocycles. The van der Waals surface area contributed by atoms with Gasteiger partial charge in [-0.05, 0) is 36.5 Å². The summed E-state index contributed by atoms with van der Waals surface area (Å²) in [5.74, 6) is -0.179. The smallest absolute Gasteiger partial charge is 0.263 e. The van der Waals surface area contributed by atoms with Crippen LogP contribution in [0.2, 0.25) is 0 Å². The summed E-state index contributed by atoms with van der Waals surface area (Å²) in [7, 11) is 1.62. The summed E-state index contributed by atoms with van der Waals surface area (Å²) in [4.78, 5) is 24.0. The minimum Gasteiger partial charge on any atom is -0.396 e. The predicted octanol–water partition coefficient (Wildman–Crippen LogP) is 1.67. The van der Waals surface area contributed by atoms with E-state index in [4.69, 9.17) is 0 Å². The number of aliphatic hydroxyl groups excluding tert-OH is 1. The van der Waals surface area contributed by atoms with Gasteiger partial charge in [-0.25, -0.2) is 0 Å². The second kappa shape index (κ2) is 8.29. The normalized spacial score (nSPS) is 11.9. The highest BCUT2D eigenvalue weighted by atomic mass is 16.3. The molecule has 0 fully saturated rings. The number of nitrogens with zero attached hydrogens (tertiary/aromatic N) is 1. The van der Waals surface area contributed by atoms with Gasteiger partial charge in [0.25, 0.3) is 11.5 Å². The molecule has 0 spiro atoms. The Bertz CT molecular complexity index is 695. The van der Waals surface area contributed by atoms with Crippen molar-refractivity contribution < 1.29 is 9.90 Å². The van der Waals surface area contributed by atoms with Crippen molar-refractivity contribution >= 4 is 5.91 Å². The number of hydrogen-bond acceptors (Lipinski definition) is 3. The third-order valence-electron chi connectivity index (χ3n) is 3.89. The third kappa shape index (κ3) is 4.53. The lowest BCUT2D eigenvalue weighted by atomic mass is 9.93. The van der Waals surface area contributed by atoms with E-state index in [0.717, 1.165) is 5.56 Å². The summed E-state index contributed by atoms with van der Waals surface area (Å²) in [5.41, 5.74) is 0.986. The molecule has 5 nitrogen and oxygen atoms in total. The molecule has 0 aliphatic carbocycles. The first kappa shape index (κ1) is 17.0. The van der Waals surface area contributed by atoms with E-state index in [1.807, 2.05) is 30.3 Å². The van der Waals surface area contributed by atoms with Crippen LogP contribution in [-0.2, 0) is 7.05 Å². The van der Waals surface area contributed by atoms with E-state index >= 15 is 0 Å². The molecule has 1 aromatic carbocycles. The molecule has 1 unspecified atom stereocenters. The average molecular weight is 314 g/mol. The minimum atomic E-state index is -0.359. The second-order valence-electron chi connectivity index (χ2n) is 5.50. The van der Waals surface area contributed by atoms with E-state index in [2.05, 4.69) is 5.32 Å². The van der Waals surface area contributed by atoms with Crippen molar-refractivity contribution in [3.05, 3.63) is 70.1 Å². The Labute approximate surface area is 135 Å². The molecule has 0 bridgehead atoms. The molecule has 0 saturated carbocycles. The maximum atomic E-state index is 12.1. The van der Waals surface area contributed by atoms with E-state index in [1.165, 1.54) is 10.6 Å². The van der Waals surface area contributed by atoms with Gasteiger partial charge in [-0.15, -0.1) is 0 Å². The van der Waals surface area contributed by atoms with Gasteiger partial charge >= 0.3 is 0 Å². The van der Waals surface area contributed by atoms with Crippen LogP contribution in [0.3, 0.4) is 0 Å². The van der Waals surface area contributed by atoms with E-state index < -0.39 is 0 Å². The van der Waals surface area contributed by atoms with Crippen LogP contribution in [0.5, 0.6) is 0 Å². The predicted molar refractivity (Wildman–Crippen MR) is 89.5 cm³/mol. The molecule has 0 saturated heterocycles. The number of amides is 1. The molecule has 5 heteroatoms. The van der Waals surface area contributed by atoms with Crippen molar-refractivity contribution in [3.8, 4) is 0 Å². The van der Waals surface area contributed by atoms with Crippen LogP contribution in [0.4, 0.5) is 0 Å². The Morgan fingerprint density at radius 2 is 1.91 bits per heavy atom. The van der Waals surface area contributed by atoms with E-state index in [-0.39, 0.29) is 29.6 Å². The highest BCUT2D eigenvalue weighted by Gasteiger charge is 2.13. The quantitative estimate of drug-likeness (QED) is 0.816. The van der Waals surface area contributed by atoms with Gasteiger partial charge in [0.1, 0.15) is 5.56 Å². The molecule has 122 valence electrons. The molecule has 0 aliphatic rings. The number of aromatic nitrogens is 1. The molecule has 1 atom stereocenters. The molecule has 2 rings (SSSR count). The SMILES string of the molecule is Cn1cccc(C(=O)NCCC(CCO)c2ccccc2)c1=O. The summed E-state index contributed by atoms with van der Waals surface area (Å²) in [6, 6.07) is 13.1. The number of benzene rings is 1. The van der Waals surface area contributed by atoms with Crippen molar-refractivity contribution in [3.63, 3.8) is 0 Å². The Morgan fingerprint density at radius 3 is 2.61 bits per heavy atom. The Morgan fingerprint density at radius 1 is 1.17 bits per heavy atom. The van der Waals surface area contributed by atoms with Gasteiger partial charge in [0.15, 0.2) is 0 Å². The maximum Gasteiger partial charge on any atom is 0.263 e. The zero-order valence-electron chi connectivity index (χ0n) is 13.2. The summed E-state index contributed by atoms with van der Waals surface area (Å²) in [5, 5.41) is 12.0. The Balaban J connectivity index is 1.96. The van der Waals surface area contributed by atoms with E-state index in [1.54, 1.807) is 19.3 Å². The number of rotatable bonds is 7. The van der Waals surface area contributed by atoms with Crippen molar-refractivity contribution in [1.29, 1.82) is 0 Å². The van der Waals surface area contributed by atoms with Gasteiger partial charge < -0.3 is 15.0 Å². The van der Waals surface area contributed by atoms with Crippen LogP contribution in [0.25, 0.3) is 0 Å². The molecule has 1 amide bonds. The topological polar surface area (TPSA) is 71.3 Å². The zero-order valence-corrected chi connectivity index (χ0v) is 13.2. The minimum absolute atomic E-state index is 0.104. The fourth-order valence-electron chi connectivity index (χ4n) is 2.58. The van der Waals surface area contributed by atoms with Crippen molar-refractivity contribution in [2.45, 2.75) is 18.8 Å². The maximum absolute atomic E-state index is 12.1. The van der Waals surface area contributed by atoms with Gasteiger partial charge in [-0.3, -0.25) is 9.59 Å². The molecule has 1 heterocycles. The lowest BCUT2D eigenvalue weighted by Gasteiger charge is -2.16. The summed E-state index contributed by atoms with van der Waals surface area (Å²) in [6.07, 6.45) is 2.97. The molecular weight excluding hydrogens is 292 g/mol. The van der Waals surface area contributed by atoms with Gasteiger partial charge in [-0.1, -0.05) is 30.3 Å². The van der Waals surface area contributed by atoms with Crippen LogP contribution >= 0.6 is 0 Å². The number of aliphatic hydroxyl groups is 1. The molecule has 0 radical (unpaired) electrons. The number of hydrogen-bond donors (Lipinski definition) is 2. The van der Waals surface area contributed by atoms with Crippen LogP contribution in [0.15, 0.2) is 53.5 Å². The Kier molecular flexibility index (Phi) is 6.11. The van der Waals surface area contributed by atoms with Crippen molar-refractivity contribution in [2.75, 3.05) is 13.2 Å². The highest BCUT2D eigenvalue weighted by Crippen LogP contribution is 2.22. The summed E-state index contributed by atoms with van der Waals surface area (Å²) < 4.78 is 1.38. The number of pyridine rings is 1. The van der Waals surface area contributed by atoms with Crippen molar-refractivity contribution in [2.24, 2.45) is 7.05 Å². The van der Waals surface area contributed by atoms with Crippen LogP contribution in [0.1, 0.15) is 34.7 Å². The van der Waals surface area contributed by atoms with Gasteiger partial charge in [-0.2, -0.15) is 0 Å². The lowest BCUT2D eigenvalue weighted by Crippen LogP contribution is -2.32. The number of aryl methyl sites for hydroxylation is 1. The third-order valence-corrected chi connectivity index (χ3v) is 3.89. The van der Waals surface area contributed by atoms with Crippen molar-refractivity contribution in [1.82, 2.24) is 9.88 Å². The van der Waals surface area contributed by atoms with Crippen LogP contribution < -0.4 is 10.9 Å². The summed E-state index contributed by atoms with van der Waals surface area (Å²) >= 11 is 0. The largest absolute Gasteiger partial charge is 0.396 e. The molecule has 0 aliphatic heterocycles. The first-order chi connectivity index (χ1) is 11.1. The first-order valence-electron chi connectivity index (χ1n) is 7.73. The summed E-state index contributed by atoms with van der Waals surface area (Å²) in [6.45, 7) is 0.559. The fraction of sp³-hybridized carbons (Fsp3) is 0.333. The number of carbonyl (C=O) groups is 1. The van der Waals surface area contributed by atoms with Crippen LogP contribution in [0, 0.1) is 0 Å². The van der Waals surface area contributed by atoms with Gasteiger partial charge in [0.2, 0.25) is 0 Å². The monoisotopic (exact) mass is 314 g/mol. The first-order valence-corrected chi connectivity index (χ1v) is 7.73. The number of nitrogens with one attached hydrogen (secondary N) is 1. The Hall–Kier alpha value is -2.40. The molecule has 2 aromatic rings. The van der Waals surface area contributed by atoms with E-state index in [0.29, 0.717) is 19.4 Å². The second-order valence-corrected chi connectivity index (χ2v) is 5.50. The highest BCUT2D eigenvalue weighted by molar-refractivity contribution is 5.93. The molecule has 23 heavy (non-hydrogen) atoms. The van der Waals surface area contributed by atoms with Gasteiger partial charge in [0.05, 0.1) is 0 Å². The molecular formula is C18H22N2O3. The van der Waals surface area contributed by atoms with Gasteiger partial charge in [0, 0.05) is 26.4 Å². The average Bonchev–Trinajstić information content (AvgIpc) is 2.57. The standard InChI is InChI=1S/C18H22N2O3/c1-20-12-5-8-16(18(20)23)17(22)19-11-9-15(10-13-21)14-6-3-2-4-7-14/h2-8,12,15,21H,9-11,13H2,1H3,(H,19,22). The molecule has 2 N–H and O–H groups in total. The van der Waals surface area contributed by atoms with Crippen LogP contribution in [-0.4, -0.2) is 28.7 Å². The zero-order chi connectivity index (χ0) is 16.7. The fourth-order valence-corrected chi connectivity index (χ4v) is 2.58. The lowest BCUT2D eigenvalue weighted by molar-refractivity contribution is 0.0950. The van der Waals surface area contributed by atoms with E-state index in [9.17, 15) is 14.7 Å².